The number of nitrogen functional groups attached to an aromatic ring is 1. The molecule has 0 unspecified atom stereocenters. The minimum absolute atomic E-state index is 0.180. The summed E-state index contributed by atoms with van der Waals surface area (Å²) < 4.78 is 5.44. The van der Waals surface area contributed by atoms with E-state index in [2.05, 4.69) is 22.2 Å². The fourth-order valence-corrected chi connectivity index (χ4v) is 1.45. The van der Waals surface area contributed by atoms with Gasteiger partial charge in [0.15, 0.2) is 0 Å². The lowest BCUT2D eigenvalue weighted by Gasteiger charge is -2.06. The number of nitrogens with zero attached hydrogens (tertiary/aromatic N) is 2. The molecule has 0 amide bonds. The monoisotopic (exact) mass is 258 g/mol. The van der Waals surface area contributed by atoms with Crippen molar-refractivity contribution in [2.45, 2.75) is 26.2 Å². The molecule has 1 aromatic heterocycles. The first-order valence-electron chi connectivity index (χ1n) is 5.84. The van der Waals surface area contributed by atoms with Crippen LogP contribution in [0.1, 0.15) is 26.2 Å². The molecule has 0 aliphatic heterocycles. The number of unbranched alkanes of at least 4 members (excludes halogenated alkanes) is 1. The van der Waals surface area contributed by atoms with Gasteiger partial charge in [-0.05, 0) is 12.8 Å². The van der Waals surface area contributed by atoms with Crippen LogP contribution in [-0.4, -0.2) is 29.7 Å². The molecule has 0 radical (unpaired) electrons. The molecule has 5 nitrogen and oxygen atoms in total. The average Bonchev–Trinajstić information content (AvgIpc) is 2.26. The van der Waals surface area contributed by atoms with Crippen molar-refractivity contribution in [1.82, 2.24) is 9.97 Å². The second-order valence-electron chi connectivity index (χ2n) is 3.68. The summed E-state index contributed by atoms with van der Waals surface area (Å²) in [5.74, 6) is 0.829. The Morgan fingerprint density at radius 3 is 2.82 bits per heavy atom. The maximum Gasteiger partial charge on any atom is 0.223 e. The molecule has 0 fully saturated rings. The van der Waals surface area contributed by atoms with Crippen LogP contribution in [0.3, 0.4) is 0 Å². The van der Waals surface area contributed by atoms with Crippen LogP contribution in [0.25, 0.3) is 0 Å². The number of aromatic nitrogens is 2. The van der Waals surface area contributed by atoms with Crippen molar-refractivity contribution in [3.05, 3.63) is 11.2 Å². The highest BCUT2D eigenvalue weighted by Gasteiger charge is 1.99. The number of nitrogens with one attached hydrogen (secondary N) is 1. The highest BCUT2D eigenvalue weighted by Crippen LogP contribution is 2.12. The predicted molar refractivity (Wildman–Crippen MR) is 70.3 cm³/mol. The van der Waals surface area contributed by atoms with Crippen LogP contribution >= 0.6 is 11.6 Å². The van der Waals surface area contributed by atoms with Gasteiger partial charge in [0.05, 0.1) is 0 Å². The number of rotatable bonds is 8. The summed E-state index contributed by atoms with van der Waals surface area (Å²) in [4.78, 5) is 7.79. The lowest BCUT2D eigenvalue weighted by Crippen LogP contribution is -2.08. The molecular weight excluding hydrogens is 240 g/mol. The van der Waals surface area contributed by atoms with E-state index in [0.717, 1.165) is 39.0 Å². The summed E-state index contributed by atoms with van der Waals surface area (Å²) in [6.45, 7) is 4.51. The van der Waals surface area contributed by atoms with Gasteiger partial charge in [0, 0.05) is 25.8 Å². The molecule has 0 spiro atoms. The zero-order valence-electron chi connectivity index (χ0n) is 10.1. The van der Waals surface area contributed by atoms with Gasteiger partial charge in [-0.25, -0.2) is 4.98 Å². The molecule has 0 aliphatic carbocycles. The van der Waals surface area contributed by atoms with Gasteiger partial charge in [-0.3, -0.25) is 0 Å². The standard InChI is InChI=1S/C11H19ClN4O/c1-2-3-6-17-7-4-5-14-10-8-9(12)15-11(13)16-10/h8H,2-7H2,1H3,(H3,13,14,15,16). The van der Waals surface area contributed by atoms with E-state index in [0.29, 0.717) is 11.0 Å². The highest BCUT2D eigenvalue weighted by molar-refractivity contribution is 6.29. The largest absolute Gasteiger partial charge is 0.381 e. The molecule has 1 heterocycles. The van der Waals surface area contributed by atoms with Crippen LogP contribution in [0.15, 0.2) is 6.07 Å². The molecule has 0 saturated carbocycles. The summed E-state index contributed by atoms with van der Waals surface area (Å²) >= 11 is 5.75. The van der Waals surface area contributed by atoms with Crippen molar-refractivity contribution in [2.24, 2.45) is 0 Å². The fraction of sp³-hybridized carbons (Fsp3) is 0.636. The number of anilines is 2. The van der Waals surface area contributed by atoms with Crippen molar-refractivity contribution >= 4 is 23.4 Å². The topological polar surface area (TPSA) is 73.1 Å². The minimum Gasteiger partial charge on any atom is -0.381 e. The predicted octanol–water partition coefficient (Wildman–Crippen LogP) is 2.33. The Balaban J connectivity index is 2.13. The Labute approximate surface area is 107 Å². The Morgan fingerprint density at radius 2 is 2.12 bits per heavy atom. The Bertz CT molecular complexity index is 315. The number of halogens is 1. The average molecular weight is 259 g/mol. The SMILES string of the molecule is CCCCOCCCNc1cc(Cl)nc(N)n1. The smallest absolute Gasteiger partial charge is 0.223 e. The summed E-state index contributed by atoms with van der Waals surface area (Å²) in [5.41, 5.74) is 5.47. The van der Waals surface area contributed by atoms with E-state index in [1.165, 1.54) is 0 Å². The Morgan fingerprint density at radius 1 is 1.35 bits per heavy atom. The van der Waals surface area contributed by atoms with Gasteiger partial charge in [-0.1, -0.05) is 24.9 Å². The first kappa shape index (κ1) is 14.0. The molecular formula is C11H19ClN4O. The highest BCUT2D eigenvalue weighted by atomic mass is 35.5. The van der Waals surface area contributed by atoms with Crippen LogP contribution in [-0.2, 0) is 4.74 Å². The van der Waals surface area contributed by atoms with E-state index in [1.54, 1.807) is 6.07 Å². The molecule has 17 heavy (non-hydrogen) atoms. The molecule has 96 valence electrons. The maximum absolute atomic E-state index is 5.75. The summed E-state index contributed by atoms with van der Waals surface area (Å²) in [6.07, 6.45) is 3.20. The van der Waals surface area contributed by atoms with E-state index in [9.17, 15) is 0 Å². The van der Waals surface area contributed by atoms with Crippen molar-refractivity contribution in [2.75, 3.05) is 30.8 Å². The van der Waals surface area contributed by atoms with E-state index in [-0.39, 0.29) is 5.95 Å². The summed E-state index contributed by atoms with van der Waals surface area (Å²) in [5, 5.41) is 3.47. The summed E-state index contributed by atoms with van der Waals surface area (Å²) in [7, 11) is 0. The molecule has 1 aromatic rings. The molecule has 0 bridgehead atoms. The molecule has 6 heteroatoms. The third-order valence-corrected chi connectivity index (χ3v) is 2.32. The van der Waals surface area contributed by atoms with E-state index >= 15 is 0 Å². The van der Waals surface area contributed by atoms with Crippen molar-refractivity contribution in [3.63, 3.8) is 0 Å². The third kappa shape index (κ3) is 6.28. The quantitative estimate of drug-likeness (QED) is 0.553. The second-order valence-corrected chi connectivity index (χ2v) is 4.07. The van der Waals surface area contributed by atoms with E-state index in [4.69, 9.17) is 22.1 Å². The Kier molecular flexibility index (Phi) is 6.65. The van der Waals surface area contributed by atoms with Crippen LogP contribution in [0, 0.1) is 0 Å². The first-order valence-corrected chi connectivity index (χ1v) is 6.22. The van der Waals surface area contributed by atoms with Crippen LogP contribution in [0.4, 0.5) is 11.8 Å². The summed E-state index contributed by atoms with van der Waals surface area (Å²) in [6, 6.07) is 1.65. The second kappa shape index (κ2) is 8.08. The van der Waals surface area contributed by atoms with Gasteiger partial charge in [0.2, 0.25) is 5.95 Å². The molecule has 0 saturated heterocycles. The molecule has 3 N–H and O–H groups in total. The fourth-order valence-electron chi connectivity index (χ4n) is 1.26. The van der Waals surface area contributed by atoms with Gasteiger partial charge in [-0.2, -0.15) is 4.98 Å². The van der Waals surface area contributed by atoms with Crippen LogP contribution in [0.5, 0.6) is 0 Å². The lowest BCUT2D eigenvalue weighted by molar-refractivity contribution is 0.131. The maximum atomic E-state index is 5.75. The molecule has 1 rings (SSSR count). The van der Waals surface area contributed by atoms with Crippen molar-refractivity contribution < 1.29 is 4.74 Å². The van der Waals surface area contributed by atoms with Gasteiger partial charge in [0.25, 0.3) is 0 Å². The van der Waals surface area contributed by atoms with Crippen molar-refractivity contribution in [3.8, 4) is 0 Å². The number of ether oxygens (including phenoxy) is 1. The Hall–Kier alpha value is -1.07. The normalized spacial score (nSPS) is 10.5. The van der Waals surface area contributed by atoms with Gasteiger partial charge >= 0.3 is 0 Å². The zero-order chi connectivity index (χ0) is 12.5. The molecule has 0 aromatic carbocycles. The van der Waals surface area contributed by atoms with Crippen LogP contribution < -0.4 is 11.1 Å². The first-order chi connectivity index (χ1) is 8.22. The zero-order valence-corrected chi connectivity index (χ0v) is 10.8. The number of nitrogens with two attached hydrogens (primary N) is 1. The van der Waals surface area contributed by atoms with Gasteiger partial charge < -0.3 is 15.8 Å². The van der Waals surface area contributed by atoms with Gasteiger partial charge in [-0.15, -0.1) is 0 Å². The molecule has 0 aliphatic rings. The number of hydrogen-bond acceptors (Lipinski definition) is 5. The van der Waals surface area contributed by atoms with Gasteiger partial charge in [0.1, 0.15) is 11.0 Å². The number of hydrogen-bond donors (Lipinski definition) is 2. The third-order valence-electron chi connectivity index (χ3n) is 2.13. The van der Waals surface area contributed by atoms with E-state index in [1.807, 2.05) is 0 Å². The van der Waals surface area contributed by atoms with Crippen LogP contribution in [0.2, 0.25) is 5.15 Å². The molecule has 0 atom stereocenters. The van der Waals surface area contributed by atoms with E-state index < -0.39 is 0 Å². The minimum atomic E-state index is 0.180. The van der Waals surface area contributed by atoms with Crippen molar-refractivity contribution in [1.29, 1.82) is 0 Å². The lowest BCUT2D eigenvalue weighted by atomic mass is 10.3.